The van der Waals surface area contributed by atoms with Crippen LogP contribution in [0.4, 0.5) is 4.79 Å². The fraction of sp³-hybridized carbons (Fsp3) is 0.611. The monoisotopic (exact) mass is 459 g/mol. The number of furan rings is 1. The van der Waals surface area contributed by atoms with Crippen LogP contribution in [0.1, 0.15) is 28.3 Å². The van der Waals surface area contributed by atoms with Gasteiger partial charge in [0.1, 0.15) is 22.0 Å². The van der Waals surface area contributed by atoms with Gasteiger partial charge in [-0.15, -0.1) is 0 Å². The van der Waals surface area contributed by atoms with E-state index in [1.54, 1.807) is 9.80 Å². The molecule has 3 rings (SSSR count). The van der Waals surface area contributed by atoms with Crippen molar-refractivity contribution in [3.8, 4) is 0 Å². The molecule has 3 heterocycles. The van der Waals surface area contributed by atoms with Crippen LogP contribution in [-0.2, 0) is 19.6 Å². The number of ether oxygens (including phenoxy) is 1. The molecule has 0 N–H and O–H groups in total. The average molecular weight is 460 g/mol. The molecule has 30 heavy (non-hydrogen) atoms. The molecule has 0 aliphatic carbocycles. The summed E-state index contributed by atoms with van der Waals surface area (Å²) < 4.78 is 37.7. The number of hydrogen-bond donors (Lipinski definition) is 0. The van der Waals surface area contributed by atoms with Gasteiger partial charge < -0.3 is 19.0 Å². The molecule has 0 radical (unpaired) electrons. The summed E-state index contributed by atoms with van der Waals surface area (Å²) in [6, 6.07) is 0. The second kappa shape index (κ2) is 8.98. The molecule has 1 aromatic heterocycles. The standard InChI is InChI=1S/C18H25N3O7S2/c1-12-15(17(23)27-3)16(13(2)28-12)30(25,26)21-8-6-19(7-9-21)14(22)4-5-20-10-11-29-18(20)24/h4-11H2,1-3H3. The number of carbonyl (C=O) groups excluding carboxylic acids is 3. The highest BCUT2D eigenvalue weighted by Crippen LogP contribution is 2.30. The number of nitrogens with zero attached hydrogens (tertiary/aromatic N) is 3. The first kappa shape index (κ1) is 22.6. The summed E-state index contributed by atoms with van der Waals surface area (Å²) in [5, 5.41) is -0.00843. The van der Waals surface area contributed by atoms with Crippen molar-refractivity contribution in [3.63, 3.8) is 0 Å². The van der Waals surface area contributed by atoms with Gasteiger partial charge in [-0.05, 0) is 13.8 Å². The minimum Gasteiger partial charge on any atom is -0.465 e. The predicted molar refractivity (Wildman–Crippen MR) is 109 cm³/mol. The lowest BCUT2D eigenvalue weighted by atomic mass is 10.2. The molecule has 0 unspecified atom stereocenters. The van der Waals surface area contributed by atoms with E-state index >= 15 is 0 Å². The molecule has 2 fully saturated rings. The van der Waals surface area contributed by atoms with E-state index < -0.39 is 16.0 Å². The number of thioether (sulfide) groups is 1. The van der Waals surface area contributed by atoms with E-state index in [1.807, 2.05) is 0 Å². The molecule has 0 spiro atoms. The largest absolute Gasteiger partial charge is 0.465 e. The second-order valence-electron chi connectivity index (χ2n) is 7.05. The van der Waals surface area contributed by atoms with Crippen molar-refractivity contribution in [1.29, 1.82) is 0 Å². The van der Waals surface area contributed by atoms with E-state index in [0.29, 0.717) is 13.1 Å². The van der Waals surface area contributed by atoms with Crippen LogP contribution in [0.2, 0.25) is 0 Å². The van der Waals surface area contributed by atoms with Gasteiger partial charge in [0.15, 0.2) is 0 Å². The van der Waals surface area contributed by atoms with Gasteiger partial charge in [-0.1, -0.05) is 11.8 Å². The summed E-state index contributed by atoms with van der Waals surface area (Å²) >= 11 is 1.25. The average Bonchev–Trinajstić information content (AvgIpc) is 3.27. The Bertz CT molecular complexity index is 949. The SMILES string of the molecule is COC(=O)c1c(C)oc(C)c1S(=O)(=O)N1CCN(C(=O)CCN2CCSC2=O)CC1. The fourth-order valence-corrected chi connectivity index (χ4v) is 6.28. The quantitative estimate of drug-likeness (QED) is 0.580. The molecule has 12 heteroatoms. The normalized spacial score (nSPS) is 18.2. The third kappa shape index (κ3) is 4.35. The molecule has 0 saturated carbocycles. The number of hydrogen-bond acceptors (Lipinski definition) is 8. The molecule has 1 aromatic rings. The van der Waals surface area contributed by atoms with Gasteiger partial charge in [-0.2, -0.15) is 4.31 Å². The molecular formula is C18H25N3O7S2. The Morgan fingerprint density at radius 3 is 2.33 bits per heavy atom. The first-order valence-corrected chi connectivity index (χ1v) is 12.0. The van der Waals surface area contributed by atoms with Gasteiger partial charge in [0.05, 0.1) is 7.11 Å². The summed E-state index contributed by atoms with van der Waals surface area (Å²) in [4.78, 5) is 39.3. The van der Waals surface area contributed by atoms with E-state index in [4.69, 9.17) is 9.15 Å². The number of amides is 2. The predicted octanol–water partition coefficient (Wildman–Crippen LogP) is 1.07. The van der Waals surface area contributed by atoms with Gasteiger partial charge in [0.2, 0.25) is 15.9 Å². The minimum absolute atomic E-state index is 0.00843. The molecule has 2 aliphatic rings. The zero-order valence-electron chi connectivity index (χ0n) is 17.2. The zero-order valence-corrected chi connectivity index (χ0v) is 18.8. The number of rotatable bonds is 6. The minimum atomic E-state index is -3.99. The van der Waals surface area contributed by atoms with Crippen molar-refractivity contribution in [2.75, 3.05) is 52.1 Å². The smallest absolute Gasteiger partial charge is 0.342 e. The number of carbonyl (C=O) groups is 3. The number of esters is 1. The molecule has 166 valence electrons. The molecule has 2 aliphatic heterocycles. The summed E-state index contributed by atoms with van der Waals surface area (Å²) in [5.41, 5.74) is -0.0957. The topological polar surface area (TPSA) is 117 Å². The Hall–Kier alpha value is -2.05. The number of piperazine rings is 1. The van der Waals surface area contributed by atoms with E-state index in [2.05, 4.69) is 0 Å². The van der Waals surface area contributed by atoms with Crippen LogP contribution in [0.3, 0.4) is 0 Å². The Balaban J connectivity index is 1.65. The molecule has 10 nitrogen and oxygen atoms in total. The maximum Gasteiger partial charge on any atom is 0.342 e. The first-order valence-electron chi connectivity index (χ1n) is 9.54. The van der Waals surface area contributed by atoms with Gasteiger partial charge in [0.25, 0.3) is 5.24 Å². The van der Waals surface area contributed by atoms with Crippen LogP contribution in [-0.4, -0.2) is 91.8 Å². The lowest BCUT2D eigenvalue weighted by molar-refractivity contribution is -0.132. The summed E-state index contributed by atoms with van der Waals surface area (Å²) in [6.45, 7) is 4.72. The summed E-state index contributed by atoms with van der Waals surface area (Å²) in [5.74, 6) is 0.166. The fourth-order valence-electron chi connectivity index (χ4n) is 3.64. The van der Waals surface area contributed by atoms with Crippen molar-refractivity contribution in [3.05, 3.63) is 17.1 Å². The van der Waals surface area contributed by atoms with Crippen LogP contribution < -0.4 is 0 Å². The highest BCUT2D eigenvalue weighted by Gasteiger charge is 2.37. The van der Waals surface area contributed by atoms with Crippen LogP contribution in [0.5, 0.6) is 0 Å². The van der Waals surface area contributed by atoms with Gasteiger partial charge in [-0.3, -0.25) is 9.59 Å². The summed E-state index contributed by atoms with van der Waals surface area (Å²) in [7, 11) is -2.81. The molecule has 0 aromatic carbocycles. The van der Waals surface area contributed by atoms with E-state index in [1.165, 1.54) is 37.0 Å². The van der Waals surface area contributed by atoms with E-state index in [0.717, 1.165) is 5.75 Å². The first-order chi connectivity index (χ1) is 14.2. The van der Waals surface area contributed by atoms with Crippen LogP contribution in [0, 0.1) is 13.8 Å². The summed E-state index contributed by atoms with van der Waals surface area (Å²) in [6.07, 6.45) is 0.214. The van der Waals surface area contributed by atoms with E-state index in [9.17, 15) is 22.8 Å². The van der Waals surface area contributed by atoms with E-state index in [-0.39, 0.29) is 65.7 Å². The number of methoxy groups -OCH3 is 1. The second-order valence-corrected chi connectivity index (χ2v) is 9.97. The molecule has 0 bridgehead atoms. The Morgan fingerprint density at radius 2 is 1.77 bits per heavy atom. The third-order valence-electron chi connectivity index (χ3n) is 5.22. The highest BCUT2D eigenvalue weighted by molar-refractivity contribution is 8.13. The van der Waals surface area contributed by atoms with Crippen molar-refractivity contribution in [2.45, 2.75) is 25.2 Å². The molecular weight excluding hydrogens is 434 g/mol. The van der Waals surface area contributed by atoms with Crippen molar-refractivity contribution in [2.24, 2.45) is 0 Å². The molecule has 2 amide bonds. The van der Waals surface area contributed by atoms with Crippen molar-refractivity contribution >= 4 is 38.9 Å². The lowest BCUT2D eigenvalue weighted by Gasteiger charge is -2.34. The maximum atomic E-state index is 13.2. The van der Waals surface area contributed by atoms with Gasteiger partial charge in [0, 0.05) is 51.4 Å². The van der Waals surface area contributed by atoms with Crippen LogP contribution >= 0.6 is 11.8 Å². The maximum absolute atomic E-state index is 13.2. The van der Waals surface area contributed by atoms with Gasteiger partial charge >= 0.3 is 5.97 Å². The van der Waals surface area contributed by atoms with Crippen LogP contribution in [0.25, 0.3) is 0 Å². The van der Waals surface area contributed by atoms with Gasteiger partial charge in [-0.25, -0.2) is 13.2 Å². The highest BCUT2D eigenvalue weighted by atomic mass is 32.2. The zero-order chi connectivity index (χ0) is 22.1. The number of sulfonamides is 1. The molecule has 0 atom stereocenters. The Kier molecular flexibility index (Phi) is 6.78. The molecule has 2 saturated heterocycles. The van der Waals surface area contributed by atoms with Crippen molar-refractivity contribution < 1.29 is 32.0 Å². The number of aryl methyl sites for hydroxylation is 2. The van der Waals surface area contributed by atoms with Crippen molar-refractivity contribution in [1.82, 2.24) is 14.1 Å². The Labute approximate surface area is 179 Å². The Morgan fingerprint density at radius 1 is 1.10 bits per heavy atom. The third-order valence-corrected chi connectivity index (χ3v) is 8.17. The van der Waals surface area contributed by atoms with Crippen LogP contribution in [0.15, 0.2) is 9.31 Å². The lowest BCUT2D eigenvalue weighted by Crippen LogP contribution is -2.51.